The quantitative estimate of drug-likeness (QED) is 0.783. The zero-order chi connectivity index (χ0) is 13.1. The molecule has 3 unspecified atom stereocenters. The molecule has 2 saturated heterocycles. The second-order valence-electron chi connectivity index (χ2n) is 4.98. The smallest absolute Gasteiger partial charge is 0.326 e. The molecule has 0 aliphatic carbocycles. The Kier molecular flexibility index (Phi) is 4.06. The van der Waals surface area contributed by atoms with Crippen LogP contribution < -0.4 is 5.32 Å². The van der Waals surface area contributed by atoms with Gasteiger partial charge in [-0.15, -0.1) is 0 Å². The summed E-state index contributed by atoms with van der Waals surface area (Å²) in [7, 11) is 0. The molecule has 0 saturated carbocycles. The molecule has 2 N–H and O–H groups in total. The van der Waals surface area contributed by atoms with Crippen molar-refractivity contribution in [3.63, 3.8) is 0 Å². The van der Waals surface area contributed by atoms with Crippen LogP contribution in [0.5, 0.6) is 0 Å². The first-order chi connectivity index (χ1) is 8.59. The van der Waals surface area contributed by atoms with Gasteiger partial charge in [0.05, 0.1) is 12.1 Å². The number of ether oxygens (including phenoxy) is 1. The number of nitrogens with one attached hydrogen (secondary N) is 1. The van der Waals surface area contributed by atoms with Crippen LogP contribution in [0.15, 0.2) is 0 Å². The monoisotopic (exact) mass is 256 g/mol. The molecule has 2 heterocycles. The molecule has 0 aromatic rings. The van der Waals surface area contributed by atoms with Gasteiger partial charge in [-0.1, -0.05) is 0 Å². The van der Waals surface area contributed by atoms with E-state index in [1.807, 2.05) is 6.92 Å². The molecular formula is C12H20N2O4. The molecule has 3 atom stereocenters. The summed E-state index contributed by atoms with van der Waals surface area (Å²) >= 11 is 0. The van der Waals surface area contributed by atoms with Gasteiger partial charge in [0.25, 0.3) is 0 Å². The van der Waals surface area contributed by atoms with Crippen molar-refractivity contribution in [3.05, 3.63) is 0 Å². The molecule has 2 aliphatic rings. The van der Waals surface area contributed by atoms with E-state index in [9.17, 15) is 9.59 Å². The second kappa shape index (κ2) is 5.56. The fraction of sp³-hybridized carbons (Fsp3) is 0.833. The lowest BCUT2D eigenvalue weighted by Crippen LogP contribution is -2.51. The number of carbonyl (C=O) groups is 2. The number of urea groups is 1. The van der Waals surface area contributed by atoms with Gasteiger partial charge in [-0.3, -0.25) is 0 Å². The predicted octanol–water partition coefficient (Wildman–Crippen LogP) is 0.812. The van der Waals surface area contributed by atoms with Gasteiger partial charge in [-0.2, -0.15) is 0 Å². The highest BCUT2D eigenvalue weighted by Crippen LogP contribution is 2.19. The highest BCUT2D eigenvalue weighted by Gasteiger charge is 2.35. The highest BCUT2D eigenvalue weighted by molar-refractivity contribution is 5.83. The minimum Gasteiger partial charge on any atom is -0.480 e. The average molecular weight is 256 g/mol. The lowest BCUT2D eigenvalue weighted by atomic mass is 10.1. The van der Waals surface area contributed by atoms with Crippen molar-refractivity contribution in [2.75, 3.05) is 13.2 Å². The van der Waals surface area contributed by atoms with Crippen LogP contribution in [0.1, 0.15) is 32.6 Å². The molecule has 102 valence electrons. The predicted molar refractivity (Wildman–Crippen MR) is 64.3 cm³/mol. The number of hydrogen-bond donors (Lipinski definition) is 2. The number of aliphatic carboxylic acids is 1. The van der Waals surface area contributed by atoms with Crippen LogP contribution in [-0.4, -0.2) is 53.3 Å². The number of nitrogens with zero attached hydrogens (tertiary/aromatic N) is 1. The summed E-state index contributed by atoms with van der Waals surface area (Å²) in [6.45, 7) is 3.16. The van der Waals surface area contributed by atoms with Crippen molar-refractivity contribution < 1.29 is 19.4 Å². The number of carbonyl (C=O) groups excluding carboxylic acids is 1. The summed E-state index contributed by atoms with van der Waals surface area (Å²) < 4.78 is 5.50. The van der Waals surface area contributed by atoms with Crippen LogP contribution in [0.4, 0.5) is 4.79 Å². The number of hydrogen-bond acceptors (Lipinski definition) is 3. The third kappa shape index (κ3) is 2.75. The maximum Gasteiger partial charge on any atom is 0.326 e. The van der Waals surface area contributed by atoms with E-state index in [1.165, 1.54) is 4.90 Å². The van der Waals surface area contributed by atoms with E-state index in [2.05, 4.69) is 5.32 Å². The first kappa shape index (κ1) is 13.1. The summed E-state index contributed by atoms with van der Waals surface area (Å²) in [6, 6.07) is -1.04. The SMILES string of the molecule is CC(NC(=O)N1CCCC1C(=O)O)C1CCCO1. The Morgan fingerprint density at radius 2 is 2.17 bits per heavy atom. The summed E-state index contributed by atoms with van der Waals surface area (Å²) in [5.41, 5.74) is 0. The van der Waals surface area contributed by atoms with Gasteiger partial charge in [-0.05, 0) is 32.6 Å². The molecule has 0 bridgehead atoms. The van der Waals surface area contributed by atoms with Gasteiger partial charge in [0.15, 0.2) is 0 Å². The third-order valence-electron chi connectivity index (χ3n) is 3.67. The van der Waals surface area contributed by atoms with Gasteiger partial charge in [0.1, 0.15) is 6.04 Å². The Morgan fingerprint density at radius 1 is 1.39 bits per heavy atom. The number of rotatable bonds is 3. The number of amides is 2. The first-order valence-electron chi connectivity index (χ1n) is 6.51. The molecular weight excluding hydrogens is 236 g/mol. The van der Waals surface area contributed by atoms with E-state index in [-0.39, 0.29) is 18.2 Å². The summed E-state index contributed by atoms with van der Waals surface area (Å²) in [6.07, 6.45) is 3.31. The lowest BCUT2D eigenvalue weighted by Gasteiger charge is -2.26. The van der Waals surface area contributed by atoms with Crippen molar-refractivity contribution >= 4 is 12.0 Å². The van der Waals surface area contributed by atoms with E-state index >= 15 is 0 Å². The lowest BCUT2D eigenvalue weighted by molar-refractivity contribution is -0.141. The standard InChI is InChI=1S/C12H20N2O4/c1-8(10-5-3-7-18-10)13-12(17)14-6-2-4-9(14)11(15)16/h8-10H,2-7H2,1H3,(H,13,17)(H,15,16). The van der Waals surface area contributed by atoms with Crippen molar-refractivity contribution in [1.29, 1.82) is 0 Å². The van der Waals surface area contributed by atoms with Crippen molar-refractivity contribution in [2.45, 2.75) is 50.8 Å². The molecule has 2 rings (SSSR count). The van der Waals surface area contributed by atoms with Crippen molar-refractivity contribution in [2.24, 2.45) is 0 Å². The van der Waals surface area contributed by atoms with E-state index in [4.69, 9.17) is 9.84 Å². The Bertz CT molecular complexity index is 328. The van der Waals surface area contributed by atoms with Crippen molar-refractivity contribution in [1.82, 2.24) is 10.2 Å². The van der Waals surface area contributed by atoms with E-state index in [1.54, 1.807) is 0 Å². The number of carboxylic acid groups (broad SMARTS) is 1. The Balaban J connectivity index is 1.88. The van der Waals surface area contributed by atoms with Crippen LogP contribution in [-0.2, 0) is 9.53 Å². The van der Waals surface area contributed by atoms with Gasteiger partial charge in [0.2, 0.25) is 0 Å². The molecule has 0 spiro atoms. The van der Waals surface area contributed by atoms with Gasteiger partial charge < -0.3 is 20.1 Å². The van der Waals surface area contributed by atoms with Crippen LogP contribution in [0.25, 0.3) is 0 Å². The zero-order valence-electron chi connectivity index (χ0n) is 10.6. The molecule has 6 nitrogen and oxygen atoms in total. The molecule has 2 fully saturated rings. The zero-order valence-corrected chi connectivity index (χ0v) is 10.6. The number of likely N-dealkylation sites (tertiary alicyclic amines) is 1. The fourth-order valence-electron chi connectivity index (χ4n) is 2.63. The molecule has 2 aliphatic heterocycles. The van der Waals surface area contributed by atoms with Crippen molar-refractivity contribution in [3.8, 4) is 0 Å². The molecule has 0 radical (unpaired) electrons. The normalized spacial score (nSPS) is 29.3. The van der Waals surface area contributed by atoms with E-state index in [0.717, 1.165) is 25.9 Å². The summed E-state index contributed by atoms with van der Waals surface area (Å²) in [4.78, 5) is 24.4. The van der Waals surface area contributed by atoms with Crippen LogP contribution in [0, 0.1) is 0 Å². The molecule has 18 heavy (non-hydrogen) atoms. The topological polar surface area (TPSA) is 78.9 Å². The molecule has 2 amide bonds. The van der Waals surface area contributed by atoms with Gasteiger partial charge in [-0.25, -0.2) is 9.59 Å². The molecule has 6 heteroatoms. The Labute approximate surface area is 106 Å². The Morgan fingerprint density at radius 3 is 2.78 bits per heavy atom. The fourth-order valence-corrected chi connectivity index (χ4v) is 2.63. The van der Waals surface area contributed by atoms with Gasteiger partial charge >= 0.3 is 12.0 Å². The largest absolute Gasteiger partial charge is 0.480 e. The average Bonchev–Trinajstić information content (AvgIpc) is 3.00. The second-order valence-corrected chi connectivity index (χ2v) is 4.98. The summed E-state index contributed by atoms with van der Waals surface area (Å²) in [5.74, 6) is -0.924. The molecule has 0 aromatic heterocycles. The minimum absolute atomic E-state index is 0.0554. The first-order valence-corrected chi connectivity index (χ1v) is 6.51. The van der Waals surface area contributed by atoms with E-state index < -0.39 is 12.0 Å². The summed E-state index contributed by atoms with van der Waals surface area (Å²) in [5, 5.41) is 11.9. The van der Waals surface area contributed by atoms with Gasteiger partial charge in [0, 0.05) is 13.2 Å². The molecule has 0 aromatic carbocycles. The minimum atomic E-state index is -0.924. The van der Waals surface area contributed by atoms with E-state index in [0.29, 0.717) is 13.0 Å². The maximum absolute atomic E-state index is 12.0. The Hall–Kier alpha value is -1.30. The van der Waals surface area contributed by atoms with Crippen LogP contribution >= 0.6 is 0 Å². The maximum atomic E-state index is 12.0. The van der Waals surface area contributed by atoms with Crippen LogP contribution in [0.2, 0.25) is 0 Å². The third-order valence-corrected chi connectivity index (χ3v) is 3.67. The van der Waals surface area contributed by atoms with Crippen LogP contribution in [0.3, 0.4) is 0 Å². The highest BCUT2D eigenvalue weighted by atomic mass is 16.5. The number of carboxylic acids is 1.